The number of hydrogen-bond donors (Lipinski definition) is 0. The number of likely N-dealkylation sites (N-methyl/N-ethyl adjacent to an activating group) is 1. The van der Waals surface area contributed by atoms with Crippen molar-refractivity contribution in [3.63, 3.8) is 0 Å². The molecule has 0 unspecified atom stereocenters. The maximum Gasteiger partial charge on any atom is 0.344 e. The molecule has 1 aliphatic rings. The maximum absolute atomic E-state index is 12.6. The van der Waals surface area contributed by atoms with Crippen LogP contribution in [-0.2, 0) is 24.2 Å². The summed E-state index contributed by atoms with van der Waals surface area (Å²) in [5.74, 6) is -0.0426. The van der Waals surface area contributed by atoms with Crippen LogP contribution < -0.4 is 4.74 Å². The Labute approximate surface area is 166 Å². The van der Waals surface area contributed by atoms with E-state index < -0.39 is 21.9 Å². The lowest BCUT2D eigenvalue weighted by atomic mass is 10.0. The number of sulfone groups is 1. The van der Waals surface area contributed by atoms with Crippen molar-refractivity contribution in [2.75, 3.05) is 24.7 Å². The van der Waals surface area contributed by atoms with E-state index in [1.807, 2.05) is 12.1 Å². The predicted octanol–water partition coefficient (Wildman–Crippen LogP) is 2.16. The third kappa shape index (κ3) is 5.95. The van der Waals surface area contributed by atoms with Gasteiger partial charge in [0.1, 0.15) is 5.75 Å². The lowest BCUT2D eigenvalue weighted by Gasteiger charge is -2.29. The Balaban J connectivity index is 1.85. The van der Waals surface area contributed by atoms with E-state index in [2.05, 4.69) is 13.8 Å². The smallest absolute Gasteiger partial charge is 0.344 e. The van der Waals surface area contributed by atoms with Crippen LogP contribution in [0.25, 0.3) is 0 Å². The van der Waals surface area contributed by atoms with Gasteiger partial charge in [-0.05, 0) is 43.9 Å². The van der Waals surface area contributed by atoms with E-state index in [4.69, 9.17) is 9.47 Å². The van der Waals surface area contributed by atoms with E-state index in [0.29, 0.717) is 24.6 Å². The summed E-state index contributed by atoms with van der Waals surface area (Å²) in [5.41, 5.74) is 1.17. The van der Waals surface area contributed by atoms with Crippen LogP contribution in [0.4, 0.5) is 0 Å². The van der Waals surface area contributed by atoms with Crippen molar-refractivity contribution in [2.24, 2.45) is 0 Å². The zero-order valence-electron chi connectivity index (χ0n) is 16.9. The van der Waals surface area contributed by atoms with Gasteiger partial charge in [-0.1, -0.05) is 26.0 Å². The molecule has 1 aliphatic heterocycles. The highest BCUT2D eigenvalue weighted by Gasteiger charge is 2.36. The van der Waals surface area contributed by atoms with E-state index in [9.17, 15) is 18.0 Å². The molecule has 0 N–H and O–H groups in total. The normalized spacial score (nSPS) is 19.2. The van der Waals surface area contributed by atoms with Gasteiger partial charge in [-0.2, -0.15) is 0 Å². The van der Waals surface area contributed by atoms with Gasteiger partial charge in [0.2, 0.25) is 0 Å². The minimum Gasteiger partial charge on any atom is -0.482 e. The Hall–Kier alpha value is -2.09. The van der Waals surface area contributed by atoms with Crippen molar-refractivity contribution in [3.05, 3.63) is 29.8 Å². The lowest BCUT2D eigenvalue weighted by molar-refractivity contribution is -0.161. The average Bonchev–Trinajstić information content (AvgIpc) is 3.00. The number of hydrogen-bond acceptors (Lipinski definition) is 6. The van der Waals surface area contributed by atoms with Crippen molar-refractivity contribution in [3.8, 4) is 5.75 Å². The van der Waals surface area contributed by atoms with Crippen molar-refractivity contribution in [2.45, 2.75) is 52.2 Å². The summed E-state index contributed by atoms with van der Waals surface area (Å²) in [6, 6.07) is 7.09. The molecule has 1 heterocycles. The van der Waals surface area contributed by atoms with E-state index in [-0.39, 0.29) is 30.1 Å². The monoisotopic (exact) mass is 411 g/mol. The first-order valence-electron chi connectivity index (χ1n) is 9.56. The Morgan fingerprint density at radius 1 is 1.18 bits per heavy atom. The summed E-state index contributed by atoms with van der Waals surface area (Å²) in [6.45, 7) is 7.51. The van der Waals surface area contributed by atoms with E-state index >= 15 is 0 Å². The Morgan fingerprint density at radius 3 is 2.32 bits per heavy atom. The van der Waals surface area contributed by atoms with Crippen molar-refractivity contribution < 1.29 is 27.5 Å². The standard InChI is InChI=1S/C20H29NO6S/c1-5-21(17-10-11-28(24,25)13-17)20(23)15(4)27-19(22)12-26-18-8-6-16(7-9-18)14(2)3/h6-9,14-15,17H,5,10-13H2,1-4H3/t15-,17-/m1/s1. The lowest BCUT2D eigenvalue weighted by Crippen LogP contribution is -2.46. The molecule has 0 saturated carbocycles. The second-order valence-electron chi connectivity index (χ2n) is 7.33. The van der Waals surface area contributed by atoms with Gasteiger partial charge in [-0.25, -0.2) is 13.2 Å². The number of esters is 1. The van der Waals surface area contributed by atoms with Crippen LogP contribution in [0.3, 0.4) is 0 Å². The Bertz CT molecular complexity index is 787. The molecule has 0 radical (unpaired) electrons. The number of carbonyl (C=O) groups excluding carboxylic acids is 2. The molecule has 7 nitrogen and oxygen atoms in total. The third-order valence-corrected chi connectivity index (χ3v) is 6.58. The molecule has 1 fully saturated rings. The minimum absolute atomic E-state index is 0.0390. The topological polar surface area (TPSA) is 90.0 Å². The van der Waals surface area contributed by atoms with E-state index in [1.165, 1.54) is 17.4 Å². The highest BCUT2D eigenvalue weighted by atomic mass is 32.2. The number of nitrogens with zero attached hydrogens (tertiary/aromatic N) is 1. The van der Waals surface area contributed by atoms with Gasteiger partial charge >= 0.3 is 5.97 Å². The van der Waals surface area contributed by atoms with Crippen LogP contribution in [0, 0.1) is 0 Å². The van der Waals surface area contributed by atoms with Crippen LogP contribution in [-0.4, -0.2) is 62.0 Å². The molecule has 1 saturated heterocycles. The summed E-state index contributed by atoms with van der Waals surface area (Å²) in [7, 11) is -3.10. The van der Waals surface area contributed by atoms with Crippen LogP contribution in [0.5, 0.6) is 5.75 Å². The number of rotatable bonds is 8. The highest BCUT2D eigenvalue weighted by Crippen LogP contribution is 2.20. The fourth-order valence-electron chi connectivity index (χ4n) is 3.22. The summed E-state index contributed by atoms with van der Waals surface area (Å²) in [4.78, 5) is 26.1. The minimum atomic E-state index is -3.10. The average molecular weight is 412 g/mol. The largest absolute Gasteiger partial charge is 0.482 e. The predicted molar refractivity (Wildman–Crippen MR) is 106 cm³/mol. The van der Waals surface area contributed by atoms with Crippen molar-refractivity contribution in [1.29, 1.82) is 0 Å². The molecule has 8 heteroatoms. The molecule has 2 rings (SSSR count). The summed E-state index contributed by atoms with van der Waals surface area (Å²) in [6.07, 6.45) is -0.583. The SMILES string of the molecule is CCN(C(=O)[C@@H](C)OC(=O)COc1ccc(C(C)C)cc1)[C@@H]1CCS(=O)(=O)C1. The summed E-state index contributed by atoms with van der Waals surface area (Å²) < 4.78 is 33.9. The van der Waals surface area contributed by atoms with Gasteiger partial charge in [-0.15, -0.1) is 0 Å². The Morgan fingerprint density at radius 2 is 1.82 bits per heavy atom. The fraction of sp³-hybridized carbons (Fsp3) is 0.600. The number of amides is 1. The molecule has 0 bridgehead atoms. The van der Waals surface area contributed by atoms with Gasteiger partial charge in [0, 0.05) is 12.6 Å². The molecule has 0 aromatic heterocycles. The first-order valence-corrected chi connectivity index (χ1v) is 11.4. The van der Waals surface area contributed by atoms with Crippen molar-refractivity contribution >= 4 is 21.7 Å². The second-order valence-corrected chi connectivity index (χ2v) is 9.55. The van der Waals surface area contributed by atoms with Gasteiger partial charge in [-0.3, -0.25) is 4.79 Å². The first kappa shape index (κ1) is 22.2. The van der Waals surface area contributed by atoms with Gasteiger partial charge in [0.25, 0.3) is 5.91 Å². The molecule has 2 atom stereocenters. The van der Waals surface area contributed by atoms with Crippen LogP contribution in [0.1, 0.15) is 45.6 Å². The molecule has 0 aliphatic carbocycles. The highest BCUT2D eigenvalue weighted by molar-refractivity contribution is 7.91. The van der Waals surface area contributed by atoms with Crippen LogP contribution in [0.2, 0.25) is 0 Å². The summed E-state index contributed by atoms with van der Waals surface area (Å²) in [5, 5.41) is 0. The second kappa shape index (κ2) is 9.41. The molecule has 0 spiro atoms. The number of benzene rings is 1. The van der Waals surface area contributed by atoms with E-state index in [1.54, 1.807) is 19.1 Å². The molecular weight excluding hydrogens is 382 g/mol. The third-order valence-electron chi connectivity index (χ3n) is 4.83. The molecule has 1 amide bonds. The van der Waals surface area contributed by atoms with Gasteiger partial charge < -0.3 is 14.4 Å². The van der Waals surface area contributed by atoms with Crippen LogP contribution in [0.15, 0.2) is 24.3 Å². The molecule has 1 aromatic rings. The van der Waals surface area contributed by atoms with Gasteiger partial charge in [0.15, 0.2) is 22.5 Å². The zero-order valence-corrected chi connectivity index (χ0v) is 17.7. The fourth-order valence-corrected chi connectivity index (χ4v) is 4.95. The number of ether oxygens (including phenoxy) is 2. The van der Waals surface area contributed by atoms with Crippen molar-refractivity contribution in [1.82, 2.24) is 4.90 Å². The van der Waals surface area contributed by atoms with Crippen LogP contribution >= 0.6 is 0 Å². The van der Waals surface area contributed by atoms with E-state index in [0.717, 1.165) is 0 Å². The van der Waals surface area contributed by atoms with Gasteiger partial charge in [0.05, 0.1) is 11.5 Å². The first-order chi connectivity index (χ1) is 13.1. The molecule has 1 aromatic carbocycles. The number of carbonyl (C=O) groups is 2. The summed E-state index contributed by atoms with van der Waals surface area (Å²) >= 11 is 0. The molecule has 156 valence electrons. The quantitative estimate of drug-likeness (QED) is 0.609. The Kier molecular flexibility index (Phi) is 7.46. The molecular formula is C20H29NO6S. The molecule has 28 heavy (non-hydrogen) atoms. The zero-order chi connectivity index (χ0) is 20.9. The maximum atomic E-state index is 12.6.